The number of nitrogens with one attached hydrogen (secondary N) is 1. The zero-order valence-corrected chi connectivity index (χ0v) is 15.4. The quantitative estimate of drug-likeness (QED) is 0.399. The standard InChI is InChI=1S/C23H27NO2/c1-25-23-14-13-21-16-19(11-12-22(21)17-23)8-6-3-7-15-24-26-18-20-9-4-2-5-10-20/h2,4-5,9-14,16-17,24H,3,6-8,15,18H2,1H3. The molecule has 3 nitrogen and oxygen atoms in total. The molecule has 0 aromatic heterocycles. The lowest BCUT2D eigenvalue weighted by Crippen LogP contribution is -2.15. The van der Waals surface area contributed by atoms with Crippen molar-refractivity contribution < 1.29 is 9.57 Å². The highest BCUT2D eigenvalue weighted by Gasteiger charge is 2.00. The maximum absolute atomic E-state index is 5.49. The molecule has 0 amide bonds. The highest BCUT2D eigenvalue weighted by molar-refractivity contribution is 5.84. The number of benzene rings is 3. The fraction of sp³-hybridized carbons (Fsp3) is 0.304. The molecule has 0 heterocycles. The third-order valence-corrected chi connectivity index (χ3v) is 4.54. The third-order valence-electron chi connectivity index (χ3n) is 4.54. The molecule has 0 fully saturated rings. The van der Waals surface area contributed by atoms with Gasteiger partial charge in [0.2, 0.25) is 0 Å². The maximum Gasteiger partial charge on any atom is 0.119 e. The molecule has 0 radical (unpaired) electrons. The number of rotatable bonds is 10. The molecule has 0 atom stereocenters. The lowest BCUT2D eigenvalue weighted by molar-refractivity contribution is 0.0272. The van der Waals surface area contributed by atoms with Gasteiger partial charge in [-0.2, -0.15) is 0 Å². The Morgan fingerprint density at radius 3 is 2.42 bits per heavy atom. The van der Waals surface area contributed by atoms with Crippen molar-refractivity contribution >= 4 is 10.8 Å². The van der Waals surface area contributed by atoms with Gasteiger partial charge in [-0.15, -0.1) is 0 Å². The molecule has 136 valence electrons. The highest BCUT2D eigenvalue weighted by atomic mass is 16.6. The molecular weight excluding hydrogens is 322 g/mol. The first-order valence-electron chi connectivity index (χ1n) is 9.30. The maximum atomic E-state index is 5.49. The molecular formula is C23H27NO2. The van der Waals surface area contributed by atoms with Crippen LogP contribution in [0.2, 0.25) is 0 Å². The van der Waals surface area contributed by atoms with E-state index in [0.29, 0.717) is 6.61 Å². The van der Waals surface area contributed by atoms with Gasteiger partial charge in [-0.1, -0.05) is 61.0 Å². The van der Waals surface area contributed by atoms with E-state index < -0.39 is 0 Å². The lowest BCUT2D eigenvalue weighted by atomic mass is 10.0. The van der Waals surface area contributed by atoms with Crippen LogP contribution in [0.5, 0.6) is 5.75 Å². The minimum atomic E-state index is 0.614. The van der Waals surface area contributed by atoms with Crippen molar-refractivity contribution in [2.75, 3.05) is 13.7 Å². The summed E-state index contributed by atoms with van der Waals surface area (Å²) in [6.07, 6.45) is 4.64. The van der Waals surface area contributed by atoms with E-state index in [-0.39, 0.29) is 0 Å². The molecule has 3 aromatic rings. The minimum absolute atomic E-state index is 0.614. The van der Waals surface area contributed by atoms with E-state index in [2.05, 4.69) is 47.9 Å². The predicted molar refractivity (Wildman–Crippen MR) is 107 cm³/mol. The Morgan fingerprint density at radius 1 is 0.769 bits per heavy atom. The number of hydrogen-bond acceptors (Lipinski definition) is 3. The Labute approximate surface area is 155 Å². The van der Waals surface area contributed by atoms with Gasteiger partial charge in [0.1, 0.15) is 5.75 Å². The number of fused-ring (bicyclic) bond motifs is 1. The molecule has 1 N–H and O–H groups in total. The van der Waals surface area contributed by atoms with E-state index in [1.165, 1.54) is 34.7 Å². The summed E-state index contributed by atoms with van der Waals surface area (Å²) in [4.78, 5) is 5.49. The highest BCUT2D eigenvalue weighted by Crippen LogP contribution is 2.22. The SMILES string of the molecule is COc1ccc2cc(CCCCCNOCc3ccccc3)ccc2c1. The summed E-state index contributed by atoms with van der Waals surface area (Å²) in [6, 6.07) is 23.2. The molecule has 0 saturated carbocycles. The van der Waals surface area contributed by atoms with Crippen LogP contribution in [0, 0.1) is 0 Å². The van der Waals surface area contributed by atoms with Gasteiger partial charge in [0.05, 0.1) is 13.7 Å². The monoisotopic (exact) mass is 349 g/mol. The second kappa shape index (κ2) is 9.95. The summed E-state index contributed by atoms with van der Waals surface area (Å²) in [5.74, 6) is 0.909. The molecule has 3 aromatic carbocycles. The molecule has 0 saturated heterocycles. The number of hydrogen-bond donors (Lipinski definition) is 1. The molecule has 0 aliphatic carbocycles. The minimum Gasteiger partial charge on any atom is -0.497 e. The van der Waals surface area contributed by atoms with E-state index in [1.54, 1.807) is 7.11 Å². The van der Waals surface area contributed by atoms with Crippen LogP contribution in [-0.4, -0.2) is 13.7 Å². The van der Waals surface area contributed by atoms with Crippen molar-refractivity contribution in [2.45, 2.75) is 32.3 Å². The van der Waals surface area contributed by atoms with Crippen LogP contribution < -0.4 is 10.2 Å². The number of ether oxygens (including phenoxy) is 1. The van der Waals surface area contributed by atoms with Gasteiger partial charge >= 0.3 is 0 Å². The Hall–Kier alpha value is -2.36. The molecule has 3 heteroatoms. The summed E-state index contributed by atoms with van der Waals surface area (Å²) >= 11 is 0. The summed E-state index contributed by atoms with van der Waals surface area (Å²) < 4.78 is 5.28. The van der Waals surface area contributed by atoms with Gasteiger partial charge in [0.15, 0.2) is 0 Å². The van der Waals surface area contributed by atoms with Crippen molar-refractivity contribution in [3.63, 3.8) is 0 Å². The molecule has 26 heavy (non-hydrogen) atoms. The Kier molecular flexibility index (Phi) is 7.05. The summed E-state index contributed by atoms with van der Waals surface area (Å²) in [6.45, 7) is 1.51. The number of hydroxylamine groups is 1. The van der Waals surface area contributed by atoms with Crippen molar-refractivity contribution in [3.05, 3.63) is 77.9 Å². The molecule has 0 spiro atoms. The average Bonchev–Trinajstić information content (AvgIpc) is 2.70. The predicted octanol–water partition coefficient (Wildman–Crippen LogP) is 5.28. The van der Waals surface area contributed by atoms with E-state index in [4.69, 9.17) is 9.57 Å². The van der Waals surface area contributed by atoms with Crippen molar-refractivity contribution in [2.24, 2.45) is 0 Å². The number of methoxy groups -OCH3 is 1. The van der Waals surface area contributed by atoms with E-state index in [9.17, 15) is 0 Å². The van der Waals surface area contributed by atoms with Crippen LogP contribution in [-0.2, 0) is 17.9 Å². The molecule has 0 aliphatic heterocycles. The summed E-state index contributed by atoms with van der Waals surface area (Å²) in [7, 11) is 1.71. The van der Waals surface area contributed by atoms with Crippen LogP contribution in [0.25, 0.3) is 10.8 Å². The van der Waals surface area contributed by atoms with Gasteiger partial charge in [-0.25, -0.2) is 5.48 Å². The summed E-state index contributed by atoms with van der Waals surface area (Å²) in [5, 5.41) is 2.51. The second-order valence-electron chi connectivity index (χ2n) is 6.53. The zero-order chi connectivity index (χ0) is 18.0. The summed E-state index contributed by atoms with van der Waals surface area (Å²) in [5.41, 5.74) is 5.64. The van der Waals surface area contributed by atoms with E-state index in [0.717, 1.165) is 25.1 Å². The molecule has 3 rings (SSSR count). The second-order valence-corrected chi connectivity index (χ2v) is 6.53. The topological polar surface area (TPSA) is 30.5 Å². The normalized spacial score (nSPS) is 11.0. The van der Waals surface area contributed by atoms with Crippen molar-refractivity contribution in [3.8, 4) is 5.75 Å². The van der Waals surface area contributed by atoms with Crippen LogP contribution >= 0.6 is 0 Å². The van der Waals surface area contributed by atoms with Crippen molar-refractivity contribution in [1.82, 2.24) is 5.48 Å². The first-order chi connectivity index (χ1) is 12.8. The fourth-order valence-corrected chi connectivity index (χ4v) is 3.04. The van der Waals surface area contributed by atoms with Gasteiger partial charge < -0.3 is 4.74 Å². The van der Waals surface area contributed by atoms with Gasteiger partial charge in [-0.3, -0.25) is 4.84 Å². The first kappa shape index (κ1) is 18.4. The number of unbranched alkanes of at least 4 members (excludes halogenated alkanes) is 2. The van der Waals surface area contributed by atoms with Crippen molar-refractivity contribution in [1.29, 1.82) is 0 Å². The Morgan fingerprint density at radius 2 is 1.58 bits per heavy atom. The van der Waals surface area contributed by atoms with Crippen LogP contribution in [0.4, 0.5) is 0 Å². The zero-order valence-electron chi connectivity index (χ0n) is 15.4. The van der Waals surface area contributed by atoms with Crippen LogP contribution in [0.15, 0.2) is 66.7 Å². The van der Waals surface area contributed by atoms with E-state index in [1.807, 2.05) is 24.3 Å². The Balaban J connectivity index is 1.31. The smallest absolute Gasteiger partial charge is 0.119 e. The average molecular weight is 349 g/mol. The molecule has 0 unspecified atom stereocenters. The van der Waals surface area contributed by atoms with Gasteiger partial charge in [-0.05, 0) is 53.3 Å². The van der Waals surface area contributed by atoms with Gasteiger partial charge in [0, 0.05) is 6.54 Å². The van der Waals surface area contributed by atoms with Crippen LogP contribution in [0.1, 0.15) is 30.4 Å². The fourth-order valence-electron chi connectivity index (χ4n) is 3.04. The molecule has 0 aliphatic rings. The Bertz CT molecular complexity index is 802. The number of aryl methyl sites for hydroxylation is 1. The molecule has 0 bridgehead atoms. The van der Waals surface area contributed by atoms with Gasteiger partial charge in [0.25, 0.3) is 0 Å². The van der Waals surface area contributed by atoms with E-state index >= 15 is 0 Å². The largest absolute Gasteiger partial charge is 0.497 e. The lowest BCUT2D eigenvalue weighted by Gasteiger charge is -2.07. The third kappa shape index (κ3) is 5.58. The van der Waals surface area contributed by atoms with Crippen LogP contribution in [0.3, 0.4) is 0 Å². The first-order valence-corrected chi connectivity index (χ1v) is 9.30.